The van der Waals surface area contributed by atoms with Crippen LogP contribution < -0.4 is 5.73 Å². The maximum absolute atomic E-state index is 6.25. The van der Waals surface area contributed by atoms with Crippen molar-refractivity contribution < 1.29 is 0 Å². The summed E-state index contributed by atoms with van der Waals surface area (Å²) in [5.41, 5.74) is 9.56. The minimum absolute atomic E-state index is 0.392. The molecule has 1 saturated heterocycles. The molecule has 1 aliphatic heterocycles. The van der Waals surface area contributed by atoms with E-state index in [9.17, 15) is 0 Å². The van der Waals surface area contributed by atoms with Gasteiger partial charge in [0, 0.05) is 23.2 Å². The van der Waals surface area contributed by atoms with Crippen molar-refractivity contribution in [3.8, 4) is 11.1 Å². The second-order valence-corrected chi connectivity index (χ2v) is 6.20. The summed E-state index contributed by atoms with van der Waals surface area (Å²) < 4.78 is 0. The predicted octanol–water partition coefficient (Wildman–Crippen LogP) is 3.93. The number of nitrogens with two attached hydrogens (primary N) is 1. The highest BCUT2D eigenvalue weighted by atomic mass is 35.5. The number of hydrogen-bond donors (Lipinski definition) is 1. The fourth-order valence-corrected chi connectivity index (χ4v) is 3.10. The second kappa shape index (κ2) is 6.61. The van der Waals surface area contributed by atoms with Gasteiger partial charge < -0.3 is 5.73 Å². The number of halogens is 1. The summed E-state index contributed by atoms with van der Waals surface area (Å²) in [6, 6.07) is 17.1. The van der Waals surface area contributed by atoms with Gasteiger partial charge in [-0.25, -0.2) is 0 Å². The quantitative estimate of drug-likeness (QED) is 0.930. The molecule has 0 spiro atoms. The van der Waals surface area contributed by atoms with E-state index < -0.39 is 0 Å². The van der Waals surface area contributed by atoms with Crippen LogP contribution in [0.3, 0.4) is 0 Å². The maximum atomic E-state index is 6.25. The van der Waals surface area contributed by atoms with Gasteiger partial charge >= 0.3 is 0 Å². The molecule has 1 aliphatic rings. The molecule has 3 rings (SSSR count). The zero-order chi connectivity index (χ0) is 14.7. The minimum atomic E-state index is 0.392. The lowest BCUT2D eigenvalue weighted by molar-refractivity contribution is 0.205. The summed E-state index contributed by atoms with van der Waals surface area (Å²) in [4.78, 5) is 2.48. The smallest absolute Gasteiger partial charge is 0.0484 e. The Morgan fingerprint density at radius 3 is 2.33 bits per heavy atom. The van der Waals surface area contributed by atoms with E-state index in [1.165, 1.54) is 11.1 Å². The molecule has 0 saturated carbocycles. The number of rotatable bonds is 3. The van der Waals surface area contributed by atoms with Crippen LogP contribution in [0.1, 0.15) is 18.4 Å². The van der Waals surface area contributed by atoms with Gasteiger partial charge in [-0.2, -0.15) is 0 Å². The molecule has 3 heteroatoms. The van der Waals surface area contributed by atoms with Crippen molar-refractivity contribution in [3.05, 3.63) is 59.1 Å². The average Bonchev–Trinajstić information content (AvgIpc) is 2.51. The Kier molecular flexibility index (Phi) is 4.59. The molecule has 0 aliphatic carbocycles. The Morgan fingerprint density at radius 1 is 1.00 bits per heavy atom. The van der Waals surface area contributed by atoms with Crippen molar-refractivity contribution in [1.29, 1.82) is 0 Å². The standard InChI is InChI=1S/C18H21ClN2/c19-18-4-2-1-3-17(18)15-7-5-14(6-8-15)13-21-11-9-16(20)10-12-21/h1-8,16H,9-13,20H2. The van der Waals surface area contributed by atoms with Gasteiger partial charge in [-0.05, 0) is 43.1 Å². The van der Waals surface area contributed by atoms with E-state index in [1.54, 1.807) is 0 Å². The van der Waals surface area contributed by atoms with Crippen molar-refractivity contribution >= 4 is 11.6 Å². The van der Waals surface area contributed by atoms with Gasteiger partial charge in [-0.15, -0.1) is 0 Å². The molecular weight excluding hydrogens is 280 g/mol. The Labute approximate surface area is 131 Å². The second-order valence-electron chi connectivity index (χ2n) is 5.79. The van der Waals surface area contributed by atoms with Gasteiger partial charge in [0.25, 0.3) is 0 Å². The molecule has 2 N–H and O–H groups in total. The molecule has 0 atom stereocenters. The van der Waals surface area contributed by atoms with Gasteiger partial charge in [-0.3, -0.25) is 4.90 Å². The average molecular weight is 301 g/mol. The summed E-state index contributed by atoms with van der Waals surface area (Å²) in [5, 5.41) is 0.801. The predicted molar refractivity (Wildman–Crippen MR) is 89.4 cm³/mol. The van der Waals surface area contributed by atoms with Gasteiger partial charge in [0.2, 0.25) is 0 Å². The van der Waals surface area contributed by atoms with Crippen molar-refractivity contribution in [2.24, 2.45) is 5.73 Å². The highest BCUT2D eigenvalue weighted by molar-refractivity contribution is 6.33. The normalized spacial score (nSPS) is 17.0. The monoisotopic (exact) mass is 300 g/mol. The van der Waals surface area contributed by atoms with Crippen LogP contribution in [-0.4, -0.2) is 24.0 Å². The highest BCUT2D eigenvalue weighted by Gasteiger charge is 2.15. The van der Waals surface area contributed by atoms with E-state index in [4.69, 9.17) is 17.3 Å². The molecule has 110 valence electrons. The Morgan fingerprint density at radius 2 is 1.67 bits per heavy atom. The lowest BCUT2D eigenvalue weighted by atomic mass is 10.0. The fraction of sp³-hybridized carbons (Fsp3) is 0.333. The molecule has 2 aromatic carbocycles. The van der Waals surface area contributed by atoms with E-state index in [0.717, 1.165) is 43.1 Å². The molecule has 21 heavy (non-hydrogen) atoms. The van der Waals surface area contributed by atoms with Crippen LogP contribution >= 0.6 is 11.6 Å². The third-order valence-electron chi connectivity index (χ3n) is 4.18. The number of benzene rings is 2. The SMILES string of the molecule is NC1CCN(Cc2ccc(-c3ccccc3Cl)cc2)CC1. The molecule has 0 amide bonds. The van der Waals surface area contributed by atoms with Crippen LogP contribution in [0, 0.1) is 0 Å². The summed E-state index contributed by atoms with van der Waals surface area (Å²) in [6.45, 7) is 3.22. The topological polar surface area (TPSA) is 29.3 Å². The first kappa shape index (κ1) is 14.6. The van der Waals surface area contributed by atoms with E-state index in [1.807, 2.05) is 18.2 Å². The molecule has 2 nitrogen and oxygen atoms in total. The summed E-state index contributed by atoms with van der Waals surface area (Å²) >= 11 is 6.25. The molecule has 0 unspecified atom stereocenters. The summed E-state index contributed by atoms with van der Waals surface area (Å²) in [7, 11) is 0. The maximum Gasteiger partial charge on any atom is 0.0484 e. The van der Waals surface area contributed by atoms with E-state index in [-0.39, 0.29) is 0 Å². The highest BCUT2D eigenvalue weighted by Crippen LogP contribution is 2.27. The molecular formula is C18H21ClN2. The Bertz CT molecular complexity index is 586. The van der Waals surface area contributed by atoms with Crippen LogP contribution in [0.4, 0.5) is 0 Å². The molecule has 1 heterocycles. The number of likely N-dealkylation sites (tertiary alicyclic amines) is 1. The van der Waals surface area contributed by atoms with E-state index in [0.29, 0.717) is 6.04 Å². The van der Waals surface area contributed by atoms with E-state index in [2.05, 4.69) is 35.2 Å². The zero-order valence-electron chi connectivity index (χ0n) is 12.1. The van der Waals surface area contributed by atoms with Crippen LogP contribution in [0.25, 0.3) is 11.1 Å². The van der Waals surface area contributed by atoms with Crippen LogP contribution in [0.15, 0.2) is 48.5 Å². The number of piperidine rings is 1. The molecule has 2 aromatic rings. The van der Waals surface area contributed by atoms with Crippen molar-refractivity contribution in [1.82, 2.24) is 4.90 Å². The third-order valence-corrected chi connectivity index (χ3v) is 4.51. The summed E-state index contributed by atoms with van der Waals surface area (Å²) in [6.07, 6.45) is 2.22. The van der Waals surface area contributed by atoms with Crippen LogP contribution in [-0.2, 0) is 6.54 Å². The zero-order valence-corrected chi connectivity index (χ0v) is 12.9. The lowest BCUT2D eigenvalue weighted by Gasteiger charge is -2.30. The fourth-order valence-electron chi connectivity index (χ4n) is 2.85. The minimum Gasteiger partial charge on any atom is -0.328 e. The van der Waals surface area contributed by atoms with Crippen molar-refractivity contribution in [2.75, 3.05) is 13.1 Å². The first-order valence-corrected chi connectivity index (χ1v) is 7.92. The van der Waals surface area contributed by atoms with Crippen LogP contribution in [0.2, 0.25) is 5.02 Å². The first-order chi connectivity index (χ1) is 10.2. The van der Waals surface area contributed by atoms with Gasteiger partial charge in [0.1, 0.15) is 0 Å². The summed E-state index contributed by atoms with van der Waals surface area (Å²) in [5.74, 6) is 0. The first-order valence-electron chi connectivity index (χ1n) is 7.54. The number of nitrogens with zero attached hydrogens (tertiary/aromatic N) is 1. The number of hydrogen-bond acceptors (Lipinski definition) is 2. The lowest BCUT2D eigenvalue weighted by Crippen LogP contribution is -2.39. The third kappa shape index (κ3) is 3.65. The van der Waals surface area contributed by atoms with Crippen molar-refractivity contribution in [2.45, 2.75) is 25.4 Å². The van der Waals surface area contributed by atoms with Gasteiger partial charge in [0.15, 0.2) is 0 Å². The molecule has 0 radical (unpaired) electrons. The molecule has 0 aromatic heterocycles. The van der Waals surface area contributed by atoms with Gasteiger partial charge in [-0.1, -0.05) is 54.1 Å². The largest absolute Gasteiger partial charge is 0.328 e. The van der Waals surface area contributed by atoms with Gasteiger partial charge in [0.05, 0.1) is 0 Å². The van der Waals surface area contributed by atoms with E-state index >= 15 is 0 Å². The molecule has 0 bridgehead atoms. The Hall–Kier alpha value is -1.35. The molecule has 1 fully saturated rings. The van der Waals surface area contributed by atoms with Crippen LogP contribution in [0.5, 0.6) is 0 Å². The van der Waals surface area contributed by atoms with Crippen molar-refractivity contribution in [3.63, 3.8) is 0 Å². The Balaban J connectivity index is 1.68.